The molecule has 0 aliphatic heterocycles. The van der Waals surface area contributed by atoms with E-state index in [4.69, 9.17) is 9.47 Å². The number of aromatic nitrogens is 1. The molecule has 5 heteroatoms. The number of amides is 1. The first-order valence-corrected chi connectivity index (χ1v) is 5.47. The SMILES string of the molecule is COCCN(CCOC)C(=O)c1ccccn1. The largest absolute Gasteiger partial charge is 0.383 e. The van der Waals surface area contributed by atoms with Crippen LogP contribution in [-0.4, -0.2) is 56.3 Å². The number of hydrogen-bond donors (Lipinski definition) is 0. The molecule has 5 nitrogen and oxygen atoms in total. The van der Waals surface area contributed by atoms with Gasteiger partial charge >= 0.3 is 0 Å². The third-order valence-corrected chi connectivity index (χ3v) is 2.30. The second-order valence-electron chi connectivity index (χ2n) is 3.49. The Hall–Kier alpha value is -1.46. The number of ether oxygens (including phenoxy) is 2. The number of rotatable bonds is 7. The monoisotopic (exact) mass is 238 g/mol. The van der Waals surface area contributed by atoms with E-state index in [1.165, 1.54) is 0 Å². The smallest absolute Gasteiger partial charge is 0.272 e. The van der Waals surface area contributed by atoms with Crippen LogP contribution in [0.15, 0.2) is 24.4 Å². The molecule has 0 spiro atoms. The molecule has 94 valence electrons. The lowest BCUT2D eigenvalue weighted by Crippen LogP contribution is -2.36. The third kappa shape index (κ3) is 4.50. The van der Waals surface area contributed by atoms with Gasteiger partial charge in [-0.25, -0.2) is 0 Å². The van der Waals surface area contributed by atoms with Crippen molar-refractivity contribution in [3.63, 3.8) is 0 Å². The maximum absolute atomic E-state index is 12.1. The Morgan fingerprint density at radius 2 is 1.88 bits per heavy atom. The summed E-state index contributed by atoms with van der Waals surface area (Å²) in [4.78, 5) is 17.8. The van der Waals surface area contributed by atoms with E-state index in [0.717, 1.165) is 0 Å². The first kappa shape index (κ1) is 13.6. The summed E-state index contributed by atoms with van der Waals surface area (Å²) in [5.41, 5.74) is 0.444. The van der Waals surface area contributed by atoms with Crippen molar-refractivity contribution >= 4 is 5.91 Å². The third-order valence-electron chi connectivity index (χ3n) is 2.30. The van der Waals surface area contributed by atoms with Gasteiger partial charge in [-0.1, -0.05) is 6.07 Å². The van der Waals surface area contributed by atoms with Gasteiger partial charge in [0.25, 0.3) is 5.91 Å². The van der Waals surface area contributed by atoms with Crippen molar-refractivity contribution in [2.24, 2.45) is 0 Å². The van der Waals surface area contributed by atoms with Crippen LogP contribution in [0.4, 0.5) is 0 Å². The van der Waals surface area contributed by atoms with Crippen LogP contribution in [0.1, 0.15) is 10.5 Å². The van der Waals surface area contributed by atoms with Crippen molar-refractivity contribution in [1.82, 2.24) is 9.88 Å². The fourth-order valence-corrected chi connectivity index (χ4v) is 1.37. The van der Waals surface area contributed by atoms with Crippen LogP contribution in [0.5, 0.6) is 0 Å². The molecule has 0 saturated carbocycles. The van der Waals surface area contributed by atoms with Gasteiger partial charge in [0.05, 0.1) is 13.2 Å². The van der Waals surface area contributed by atoms with Crippen LogP contribution >= 0.6 is 0 Å². The Morgan fingerprint density at radius 1 is 1.24 bits per heavy atom. The lowest BCUT2D eigenvalue weighted by atomic mass is 10.3. The molecule has 0 atom stereocenters. The van der Waals surface area contributed by atoms with Gasteiger partial charge in [-0.15, -0.1) is 0 Å². The fourth-order valence-electron chi connectivity index (χ4n) is 1.37. The predicted octanol–water partition coefficient (Wildman–Crippen LogP) is 0.817. The van der Waals surface area contributed by atoms with E-state index in [-0.39, 0.29) is 5.91 Å². The van der Waals surface area contributed by atoms with Gasteiger partial charge in [-0.05, 0) is 12.1 Å². The van der Waals surface area contributed by atoms with E-state index in [1.807, 2.05) is 0 Å². The normalized spacial score (nSPS) is 10.2. The summed E-state index contributed by atoms with van der Waals surface area (Å²) in [6.45, 7) is 2.08. The molecule has 0 saturated heterocycles. The van der Waals surface area contributed by atoms with Crippen LogP contribution in [0.2, 0.25) is 0 Å². The molecule has 0 fully saturated rings. The molecule has 1 amide bonds. The Balaban J connectivity index is 2.64. The summed E-state index contributed by atoms with van der Waals surface area (Å²) in [6.07, 6.45) is 1.61. The number of nitrogens with zero attached hydrogens (tertiary/aromatic N) is 2. The van der Waals surface area contributed by atoms with Crippen molar-refractivity contribution in [2.75, 3.05) is 40.5 Å². The molecule has 0 aliphatic rings. The highest BCUT2D eigenvalue weighted by atomic mass is 16.5. The number of hydrogen-bond acceptors (Lipinski definition) is 4. The average molecular weight is 238 g/mol. The van der Waals surface area contributed by atoms with Gasteiger partial charge in [-0.2, -0.15) is 0 Å². The van der Waals surface area contributed by atoms with Crippen LogP contribution in [0.25, 0.3) is 0 Å². The van der Waals surface area contributed by atoms with E-state index in [0.29, 0.717) is 32.0 Å². The summed E-state index contributed by atoms with van der Waals surface area (Å²) < 4.78 is 9.97. The van der Waals surface area contributed by atoms with Crippen LogP contribution in [0.3, 0.4) is 0 Å². The second kappa shape index (κ2) is 7.76. The summed E-state index contributed by atoms with van der Waals surface area (Å²) in [5.74, 6) is -0.0975. The van der Waals surface area contributed by atoms with E-state index in [1.54, 1.807) is 43.5 Å². The lowest BCUT2D eigenvalue weighted by Gasteiger charge is -2.21. The lowest BCUT2D eigenvalue weighted by molar-refractivity contribution is 0.0622. The summed E-state index contributed by atoms with van der Waals surface area (Å²) >= 11 is 0. The Bertz CT molecular complexity index is 322. The van der Waals surface area contributed by atoms with Crippen LogP contribution < -0.4 is 0 Å². The van der Waals surface area contributed by atoms with Gasteiger partial charge in [0.2, 0.25) is 0 Å². The first-order valence-electron chi connectivity index (χ1n) is 5.47. The topological polar surface area (TPSA) is 51.7 Å². The second-order valence-corrected chi connectivity index (χ2v) is 3.49. The molecule has 0 radical (unpaired) electrons. The van der Waals surface area contributed by atoms with Crippen molar-refractivity contribution in [3.8, 4) is 0 Å². The fraction of sp³-hybridized carbons (Fsp3) is 0.500. The number of methoxy groups -OCH3 is 2. The maximum atomic E-state index is 12.1. The van der Waals surface area contributed by atoms with E-state index >= 15 is 0 Å². The molecule has 1 heterocycles. The van der Waals surface area contributed by atoms with Gasteiger partial charge in [0.1, 0.15) is 5.69 Å². The van der Waals surface area contributed by atoms with Crippen molar-refractivity contribution in [2.45, 2.75) is 0 Å². The zero-order valence-corrected chi connectivity index (χ0v) is 10.3. The molecule has 1 aromatic heterocycles. The van der Waals surface area contributed by atoms with Crippen molar-refractivity contribution in [3.05, 3.63) is 30.1 Å². The minimum Gasteiger partial charge on any atom is -0.383 e. The molecule has 1 rings (SSSR count). The van der Waals surface area contributed by atoms with Crippen LogP contribution in [-0.2, 0) is 9.47 Å². The first-order chi connectivity index (χ1) is 8.29. The molecular formula is C12H18N2O3. The zero-order valence-electron chi connectivity index (χ0n) is 10.3. The highest BCUT2D eigenvalue weighted by Gasteiger charge is 2.15. The van der Waals surface area contributed by atoms with Gasteiger partial charge < -0.3 is 14.4 Å². The molecule has 0 bridgehead atoms. The predicted molar refractivity (Wildman–Crippen MR) is 63.9 cm³/mol. The highest BCUT2D eigenvalue weighted by molar-refractivity contribution is 5.92. The van der Waals surface area contributed by atoms with Gasteiger partial charge in [0, 0.05) is 33.5 Å². The maximum Gasteiger partial charge on any atom is 0.272 e. The minimum atomic E-state index is -0.0975. The van der Waals surface area contributed by atoms with Crippen LogP contribution in [0, 0.1) is 0 Å². The quantitative estimate of drug-likeness (QED) is 0.705. The molecular weight excluding hydrogens is 220 g/mol. The van der Waals surface area contributed by atoms with Gasteiger partial charge in [0.15, 0.2) is 0 Å². The van der Waals surface area contributed by atoms with E-state index in [2.05, 4.69) is 4.98 Å². The summed E-state index contributed by atoms with van der Waals surface area (Å²) in [7, 11) is 3.22. The highest BCUT2D eigenvalue weighted by Crippen LogP contribution is 2.01. The Labute approximate surface area is 101 Å². The standard InChI is InChI=1S/C12H18N2O3/c1-16-9-7-14(8-10-17-2)12(15)11-5-3-4-6-13-11/h3-6H,7-10H2,1-2H3. The van der Waals surface area contributed by atoms with E-state index < -0.39 is 0 Å². The minimum absolute atomic E-state index is 0.0975. The summed E-state index contributed by atoms with van der Waals surface area (Å²) in [5, 5.41) is 0. The van der Waals surface area contributed by atoms with E-state index in [9.17, 15) is 4.79 Å². The number of carbonyl (C=O) groups is 1. The molecule has 0 aromatic carbocycles. The van der Waals surface area contributed by atoms with Crippen molar-refractivity contribution < 1.29 is 14.3 Å². The number of pyridine rings is 1. The molecule has 1 aromatic rings. The average Bonchev–Trinajstić information content (AvgIpc) is 2.39. The Kier molecular flexibility index (Phi) is 6.21. The zero-order chi connectivity index (χ0) is 12.5. The number of carbonyl (C=O) groups excluding carboxylic acids is 1. The Morgan fingerprint density at radius 3 is 2.35 bits per heavy atom. The summed E-state index contributed by atoms with van der Waals surface area (Å²) in [6, 6.07) is 5.28. The molecule has 0 N–H and O–H groups in total. The molecule has 0 aliphatic carbocycles. The van der Waals surface area contributed by atoms with Crippen molar-refractivity contribution in [1.29, 1.82) is 0 Å². The molecule has 17 heavy (non-hydrogen) atoms. The molecule has 0 unspecified atom stereocenters. The van der Waals surface area contributed by atoms with Gasteiger partial charge in [-0.3, -0.25) is 9.78 Å².